The molecule has 2 rings (SSSR count). The maximum atomic E-state index is 11.9. The number of hydrogen-bond acceptors (Lipinski definition) is 5. The highest BCUT2D eigenvalue weighted by atomic mass is 16.4. The van der Waals surface area contributed by atoms with E-state index < -0.39 is 5.97 Å². The van der Waals surface area contributed by atoms with Gasteiger partial charge in [0, 0.05) is 32.4 Å². The van der Waals surface area contributed by atoms with Crippen LogP contribution in [0.1, 0.15) is 10.4 Å². The van der Waals surface area contributed by atoms with Gasteiger partial charge in [-0.25, -0.2) is 9.78 Å². The number of nitrogens with zero attached hydrogens (tertiary/aromatic N) is 2. The van der Waals surface area contributed by atoms with E-state index in [0.29, 0.717) is 13.1 Å². The number of rotatable bonds is 4. The van der Waals surface area contributed by atoms with Crippen LogP contribution in [0.15, 0.2) is 18.3 Å². The van der Waals surface area contributed by atoms with Gasteiger partial charge in [0.15, 0.2) is 0 Å². The first kappa shape index (κ1) is 13.3. The molecule has 1 fully saturated rings. The Bertz CT molecular complexity index is 472. The summed E-state index contributed by atoms with van der Waals surface area (Å²) in [6, 6.07) is 3.00. The summed E-state index contributed by atoms with van der Waals surface area (Å²) in [5, 5.41) is 14.9. The third kappa shape index (κ3) is 3.41. The number of carboxylic acids is 1. The molecule has 2 heterocycles. The van der Waals surface area contributed by atoms with E-state index in [4.69, 9.17) is 5.11 Å². The highest BCUT2D eigenvalue weighted by Gasteiger charge is 2.17. The monoisotopic (exact) mass is 264 g/mol. The van der Waals surface area contributed by atoms with Crippen molar-refractivity contribution in [2.24, 2.45) is 0 Å². The number of carbonyl (C=O) groups is 2. The van der Waals surface area contributed by atoms with E-state index in [0.717, 1.165) is 13.1 Å². The largest absolute Gasteiger partial charge is 0.478 e. The summed E-state index contributed by atoms with van der Waals surface area (Å²) in [5.41, 5.74) is 0.0654. The van der Waals surface area contributed by atoms with Crippen molar-refractivity contribution in [3.63, 3.8) is 0 Å². The number of aromatic nitrogens is 1. The quantitative estimate of drug-likeness (QED) is 0.686. The van der Waals surface area contributed by atoms with Crippen LogP contribution in [0.5, 0.6) is 0 Å². The van der Waals surface area contributed by atoms with Crippen LogP contribution < -0.4 is 10.6 Å². The molecule has 7 heteroatoms. The maximum absolute atomic E-state index is 11.9. The van der Waals surface area contributed by atoms with Crippen LogP contribution in [-0.2, 0) is 4.79 Å². The standard InChI is InChI=1S/C12H16N4O3/c17-10(16-6-4-13-5-7-16)8-15-11-9(12(18)19)2-1-3-14-11/h1-3,13H,4-8H2,(H,14,15)(H,18,19). The van der Waals surface area contributed by atoms with Crippen LogP contribution in [0.25, 0.3) is 0 Å². The number of carboxylic acid groups (broad SMARTS) is 1. The number of anilines is 1. The van der Waals surface area contributed by atoms with Gasteiger partial charge in [0.1, 0.15) is 11.4 Å². The number of nitrogens with one attached hydrogen (secondary N) is 2. The van der Waals surface area contributed by atoms with Gasteiger partial charge in [-0.15, -0.1) is 0 Å². The Morgan fingerprint density at radius 1 is 1.42 bits per heavy atom. The summed E-state index contributed by atoms with van der Waals surface area (Å²) >= 11 is 0. The van der Waals surface area contributed by atoms with Crippen LogP contribution in [0, 0.1) is 0 Å². The second-order valence-electron chi connectivity index (χ2n) is 4.19. The van der Waals surface area contributed by atoms with E-state index in [1.807, 2.05) is 0 Å². The molecule has 0 saturated carbocycles. The molecule has 3 N–H and O–H groups in total. The van der Waals surface area contributed by atoms with Crippen molar-refractivity contribution in [2.45, 2.75) is 0 Å². The van der Waals surface area contributed by atoms with E-state index in [-0.39, 0.29) is 23.8 Å². The number of carbonyl (C=O) groups excluding carboxylic acids is 1. The molecule has 19 heavy (non-hydrogen) atoms. The number of amides is 1. The summed E-state index contributed by atoms with van der Waals surface area (Å²) in [7, 11) is 0. The number of aromatic carboxylic acids is 1. The zero-order valence-electron chi connectivity index (χ0n) is 10.4. The van der Waals surface area contributed by atoms with Crippen LogP contribution >= 0.6 is 0 Å². The average molecular weight is 264 g/mol. The number of pyridine rings is 1. The SMILES string of the molecule is O=C(O)c1cccnc1NCC(=O)N1CCNCC1. The van der Waals surface area contributed by atoms with Crippen LogP contribution in [0.3, 0.4) is 0 Å². The minimum atomic E-state index is -1.06. The van der Waals surface area contributed by atoms with Crippen molar-refractivity contribution in [3.8, 4) is 0 Å². The molecule has 0 spiro atoms. The smallest absolute Gasteiger partial charge is 0.339 e. The van der Waals surface area contributed by atoms with Crippen molar-refractivity contribution in [1.29, 1.82) is 0 Å². The lowest BCUT2D eigenvalue weighted by atomic mass is 10.2. The zero-order valence-corrected chi connectivity index (χ0v) is 10.4. The van der Waals surface area contributed by atoms with Crippen molar-refractivity contribution in [3.05, 3.63) is 23.9 Å². The normalized spacial score (nSPS) is 15.1. The minimum Gasteiger partial charge on any atom is -0.478 e. The Kier molecular flexibility index (Phi) is 4.30. The first-order valence-electron chi connectivity index (χ1n) is 6.09. The average Bonchev–Trinajstić information content (AvgIpc) is 2.46. The molecule has 7 nitrogen and oxygen atoms in total. The van der Waals surface area contributed by atoms with Gasteiger partial charge in [0.2, 0.25) is 5.91 Å². The molecule has 0 atom stereocenters. The van der Waals surface area contributed by atoms with Gasteiger partial charge in [-0.1, -0.05) is 0 Å². The molecule has 0 radical (unpaired) electrons. The first-order valence-corrected chi connectivity index (χ1v) is 6.09. The predicted octanol–water partition coefficient (Wildman–Crippen LogP) is -0.376. The molecule has 1 amide bonds. The van der Waals surface area contributed by atoms with Crippen LogP contribution in [0.2, 0.25) is 0 Å². The molecular weight excluding hydrogens is 248 g/mol. The predicted molar refractivity (Wildman–Crippen MR) is 69.1 cm³/mol. The summed E-state index contributed by atoms with van der Waals surface area (Å²) < 4.78 is 0. The molecule has 1 saturated heterocycles. The van der Waals surface area contributed by atoms with E-state index in [9.17, 15) is 9.59 Å². The van der Waals surface area contributed by atoms with E-state index in [1.54, 1.807) is 11.0 Å². The molecule has 0 aromatic carbocycles. The summed E-state index contributed by atoms with van der Waals surface area (Å²) in [5.74, 6) is -0.896. The Labute approximate surface area is 110 Å². The van der Waals surface area contributed by atoms with Gasteiger partial charge in [-0.2, -0.15) is 0 Å². The molecule has 0 aliphatic carbocycles. The molecule has 1 aromatic heterocycles. The third-order valence-corrected chi connectivity index (χ3v) is 2.91. The summed E-state index contributed by atoms with van der Waals surface area (Å²) in [6.45, 7) is 2.98. The Hall–Kier alpha value is -2.15. The topological polar surface area (TPSA) is 94.6 Å². The summed E-state index contributed by atoms with van der Waals surface area (Å²) in [4.78, 5) is 28.6. The van der Waals surface area contributed by atoms with Gasteiger partial charge in [0.05, 0.1) is 6.54 Å². The highest BCUT2D eigenvalue weighted by molar-refractivity contribution is 5.93. The van der Waals surface area contributed by atoms with Crippen molar-refractivity contribution >= 4 is 17.7 Å². The fraction of sp³-hybridized carbons (Fsp3) is 0.417. The second-order valence-corrected chi connectivity index (χ2v) is 4.19. The van der Waals surface area contributed by atoms with Gasteiger partial charge >= 0.3 is 5.97 Å². The van der Waals surface area contributed by atoms with E-state index >= 15 is 0 Å². The molecule has 1 aliphatic rings. The lowest BCUT2D eigenvalue weighted by Crippen LogP contribution is -2.48. The Morgan fingerprint density at radius 2 is 2.16 bits per heavy atom. The number of hydrogen-bond donors (Lipinski definition) is 3. The van der Waals surface area contributed by atoms with Crippen molar-refractivity contribution in [2.75, 3.05) is 38.0 Å². The molecule has 102 valence electrons. The molecule has 1 aromatic rings. The lowest BCUT2D eigenvalue weighted by Gasteiger charge is -2.27. The Balaban J connectivity index is 1.94. The van der Waals surface area contributed by atoms with Crippen molar-refractivity contribution in [1.82, 2.24) is 15.2 Å². The minimum absolute atomic E-state index is 0.0523. The fourth-order valence-electron chi connectivity index (χ4n) is 1.90. The Morgan fingerprint density at radius 3 is 2.84 bits per heavy atom. The highest BCUT2D eigenvalue weighted by Crippen LogP contribution is 2.10. The van der Waals surface area contributed by atoms with Crippen molar-refractivity contribution < 1.29 is 14.7 Å². The van der Waals surface area contributed by atoms with Gasteiger partial charge < -0.3 is 20.6 Å². The molecule has 0 bridgehead atoms. The van der Waals surface area contributed by atoms with E-state index in [2.05, 4.69) is 15.6 Å². The van der Waals surface area contributed by atoms with Gasteiger partial charge in [-0.05, 0) is 12.1 Å². The fourth-order valence-corrected chi connectivity index (χ4v) is 1.90. The second kappa shape index (κ2) is 6.14. The van der Waals surface area contributed by atoms with Crippen LogP contribution in [-0.4, -0.2) is 59.6 Å². The summed E-state index contributed by atoms with van der Waals surface area (Å²) in [6.07, 6.45) is 1.49. The molecule has 0 unspecified atom stereocenters. The molecular formula is C12H16N4O3. The zero-order chi connectivity index (χ0) is 13.7. The number of piperazine rings is 1. The molecule has 1 aliphatic heterocycles. The lowest BCUT2D eigenvalue weighted by molar-refractivity contribution is -0.129. The first-order chi connectivity index (χ1) is 9.18. The van der Waals surface area contributed by atoms with Gasteiger partial charge in [0.25, 0.3) is 0 Å². The maximum Gasteiger partial charge on any atom is 0.339 e. The van der Waals surface area contributed by atoms with Gasteiger partial charge in [-0.3, -0.25) is 4.79 Å². The third-order valence-electron chi connectivity index (χ3n) is 2.91. The van der Waals surface area contributed by atoms with E-state index in [1.165, 1.54) is 12.3 Å². The van der Waals surface area contributed by atoms with Crippen LogP contribution in [0.4, 0.5) is 5.82 Å².